The Morgan fingerprint density at radius 2 is 2.31 bits per heavy atom. The second-order valence-corrected chi connectivity index (χ2v) is 7.97. The van der Waals surface area contributed by atoms with E-state index < -0.39 is 0 Å². The third-order valence-corrected chi connectivity index (χ3v) is 5.91. The Balaban J connectivity index is 1.36. The van der Waals surface area contributed by atoms with Crippen LogP contribution in [0, 0.1) is 6.92 Å². The number of carbonyl (C=O) groups excluding carboxylic acids is 1. The first-order chi connectivity index (χ1) is 12.7. The molecule has 0 saturated heterocycles. The van der Waals surface area contributed by atoms with Gasteiger partial charge in [-0.3, -0.25) is 4.79 Å². The molecule has 0 radical (unpaired) electrons. The predicted octanol–water partition coefficient (Wildman–Crippen LogP) is 3.32. The number of nitrogens with zero attached hydrogens (tertiary/aromatic N) is 3. The van der Waals surface area contributed by atoms with Gasteiger partial charge in [0.1, 0.15) is 5.01 Å². The summed E-state index contributed by atoms with van der Waals surface area (Å²) in [4.78, 5) is 21.7. The molecular weight excluding hydrogens is 346 g/mol. The minimum Gasteiger partial charge on any atom is -0.357 e. The molecule has 2 N–H and O–H groups in total. The molecule has 3 heterocycles. The molecule has 0 bridgehead atoms. The number of aromatic amines is 1. The Labute approximate surface area is 154 Å². The Bertz CT molecular complexity index is 1090. The first kappa shape index (κ1) is 15.6. The fraction of sp³-hybridized carbons (Fsp3) is 0.316. The monoisotopic (exact) mass is 365 g/mol. The highest BCUT2D eigenvalue weighted by atomic mass is 32.1. The number of benzene rings is 1. The van der Waals surface area contributed by atoms with E-state index in [1.807, 2.05) is 19.2 Å². The molecule has 0 spiro atoms. The first-order valence-corrected chi connectivity index (χ1v) is 9.69. The molecule has 6 nitrogen and oxygen atoms in total. The third kappa shape index (κ3) is 2.50. The van der Waals surface area contributed by atoms with Crippen molar-refractivity contribution in [3.05, 3.63) is 52.4 Å². The van der Waals surface area contributed by atoms with Crippen molar-refractivity contribution >= 4 is 33.1 Å². The molecule has 0 fully saturated rings. The zero-order valence-electron chi connectivity index (χ0n) is 14.5. The summed E-state index contributed by atoms with van der Waals surface area (Å²) in [5, 5.41) is 9.65. The summed E-state index contributed by atoms with van der Waals surface area (Å²) in [5.41, 5.74) is 4.34. The van der Waals surface area contributed by atoms with Crippen molar-refractivity contribution in [2.75, 3.05) is 0 Å². The van der Waals surface area contributed by atoms with Gasteiger partial charge in [0, 0.05) is 16.6 Å². The molecule has 0 aliphatic heterocycles. The molecule has 1 amide bonds. The van der Waals surface area contributed by atoms with Gasteiger partial charge >= 0.3 is 0 Å². The standard InChI is InChI=1S/C19H19N5OS/c1-11-23-24-10-12(21-19(24)26-11)9-20-18(25)15-7-4-6-14-13-5-2-3-8-16(13)22-17(14)15/h2-3,5,8,10,15,22H,4,6-7,9H2,1H3,(H,20,25). The highest BCUT2D eigenvalue weighted by Crippen LogP contribution is 2.36. The van der Waals surface area contributed by atoms with Crippen molar-refractivity contribution in [2.24, 2.45) is 0 Å². The smallest absolute Gasteiger partial charge is 0.229 e. The molecule has 3 aromatic heterocycles. The number of fused-ring (bicyclic) bond motifs is 4. The van der Waals surface area contributed by atoms with Crippen LogP contribution < -0.4 is 5.32 Å². The van der Waals surface area contributed by atoms with E-state index in [9.17, 15) is 4.79 Å². The predicted molar refractivity (Wildman–Crippen MR) is 101 cm³/mol. The zero-order valence-corrected chi connectivity index (χ0v) is 15.3. The van der Waals surface area contributed by atoms with Gasteiger partial charge in [-0.1, -0.05) is 29.5 Å². The summed E-state index contributed by atoms with van der Waals surface area (Å²) in [6, 6.07) is 8.30. The number of aromatic nitrogens is 4. The number of para-hydroxylation sites is 1. The van der Waals surface area contributed by atoms with Crippen LogP contribution in [0.15, 0.2) is 30.5 Å². The van der Waals surface area contributed by atoms with Crippen molar-refractivity contribution in [1.29, 1.82) is 0 Å². The normalized spacial score (nSPS) is 16.9. The van der Waals surface area contributed by atoms with Crippen LogP contribution in [-0.4, -0.2) is 25.5 Å². The minimum atomic E-state index is -0.116. The molecule has 1 aliphatic carbocycles. The second kappa shape index (κ2) is 5.95. The van der Waals surface area contributed by atoms with Crippen LogP contribution in [0.1, 0.15) is 40.7 Å². The van der Waals surface area contributed by atoms with Crippen molar-refractivity contribution < 1.29 is 4.79 Å². The van der Waals surface area contributed by atoms with Gasteiger partial charge in [0.2, 0.25) is 10.9 Å². The Morgan fingerprint density at radius 3 is 3.19 bits per heavy atom. The van der Waals surface area contributed by atoms with Crippen LogP contribution in [0.5, 0.6) is 0 Å². The lowest BCUT2D eigenvalue weighted by atomic mass is 9.86. The topological polar surface area (TPSA) is 75.1 Å². The fourth-order valence-corrected chi connectivity index (χ4v) is 4.65. The average Bonchev–Trinajstić information content (AvgIpc) is 3.29. The zero-order chi connectivity index (χ0) is 17.7. The Hall–Kier alpha value is -2.67. The molecule has 1 atom stereocenters. The van der Waals surface area contributed by atoms with Gasteiger partial charge in [-0.05, 0) is 37.8 Å². The van der Waals surface area contributed by atoms with Crippen molar-refractivity contribution in [3.63, 3.8) is 0 Å². The van der Waals surface area contributed by atoms with Gasteiger partial charge in [-0.15, -0.1) is 0 Å². The van der Waals surface area contributed by atoms with E-state index >= 15 is 0 Å². The molecule has 26 heavy (non-hydrogen) atoms. The molecule has 1 unspecified atom stereocenters. The summed E-state index contributed by atoms with van der Waals surface area (Å²) >= 11 is 1.55. The minimum absolute atomic E-state index is 0.0676. The van der Waals surface area contributed by atoms with E-state index in [0.29, 0.717) is 6.54 Å². The highest BCUT2D eigenvalue weighted by molar-refractivity contribution is 7.16. The number of hydrogen-bond donors (Lipinski definition) is 2. The van der Waals surface area contributed by atoms with Crippen LogP contribution in [-0.2, 0) is 17.8 Å². The molecule has 4 aromatic rings. The second-order valence-electron chi connectivity index (χ2n) is 6.81. The lowest BCUT2D eigenvalue weighted by Crippen LogP contribution is -2.31. The average molecular weight is 365 g/mol. The Kier molecular flexibility index (Phi) is 3.56. The van der Waals surface area contributed by atoms with E-state index in [4.69, 9.17) is 0 Å². The van der Waals surface area contributed by atoms with Crippen LogP contribution in [0.2, 0.25) is 0 Å². The van der Waals surface area contributed by atoms with Gasteiger partial charge in [0.15, 0.2) is 0 Å². The van der Waals surface area contributed by atoms with E-state index in [1.165, 1.54) is 10.9 Å². The summed E-state index contributed by atoms with van der Waals surface area (Å²) < 4.78 is 1.78. The van der Waals surface area contributed by atoms with E-state index in [2.05, 4.69) is 38.6 Å². The van der Waals surface area contributed by atoms with Crippen LogP contribution in [0.3, 0.4) is 0 Å². The number of rotatable bonds is 3. The number of amides is 1. The van der Waals surface area contributed by atoms with Gasteiger partial charge in [-0.25, -0.2) is 9.50 Å². The van der Waals surface area contributed by atoms with Crippen LogP contribution in [0.25, 0.3) is 15.9 Å². The number of aryl methyl sites for hydroxylation is 2. The summed E-state index contributed by atoms with van der Waals surface area (Å²) in [6.07, 6.45) is 4.83. The van der Waals surface area contributed by atoms with Crippen molar-refractivity contribution in [3.8, 4) is 0 Å². The number of H-pyrrole nitrogens is 1. The number of imidazole rings is 1. The molecule has 1 aromatic carbocycles. The van der Waals surface area contributed by atoms with Gasteiger partial charge in [0.05, 0.1) is 24.4 Å². The number of nitrogens with one attached hydrogen (secondary N) is 2. The maximum atomic E-state index is 12.8. The Morgan fingerprint density at radius 1 is 1.42 bits per heavy atom. The largest absolute Gasteiger partial charge is 0.357 e. The summed E-state index contributed by atoms with van der Waals surface area (Å²) in [5.74, 6) is -0.0479. The van der Waals surface area contributed by atoms with Crippen LogP contribution >= 0.6 is 11.3 Å². The summed E-state index contributed by atoms with van der Waals surface area (Å²) in [6.45, 7) is 2.39. The molecule has 7 heteroatoms. The number of hydrogen-bond acceptors (Lipinski definition) is 4. The fourth-order valence-electron chi connectivity index (χ4n) is 3.91. The van der Waals surface area contributed by atoms with E-state index in [1.54, 1.807) is 15.9 Å². The van der Waals surface area contributed by atoms with E-state index in [-0.39, 0.29) is 11.8 Å². The van der Waals surface area contributed by atoms with Crippen molar-refractivity contribution in [2.45, 2.75) is 38.6 Å². The molecule has 1 aliphatic rings. The number of carbonyl (C=O) groups is 1. The lowest BCUT2D eigenvalue weighted by Gasteiger charge is -2.21. The van der Waals surface area contributed by atoms with Gasteiger partial charge in [-0.2, -0.15) is 5.10 Å². The quantitative estimate of drug-likeness (QED) is 0.585. The van der Waals surface area contributed by atoms with Crippen LogP contribution in [0.4, 0.5) is 0 Å². The molecular formula is C19H19N5OS. The molecule has 132 valence electrons. The highest BCUT2D eigenvalue weighted by Gasteiger charge is 2.29. The maximum absolute atomic E-state index is 12.8. The molecule has 5 rings (SSSR count). The van der Waals surface area contributed by atoms with Gasteiger partial charge in [0.25, 0.3) is 0 Å². The van der Waals surface area contributed by atoms with Crippen molar-refractivity contribution in [1.82, 2.24) is 24.9 Å². The summed E-state index contributed by atoms with van der Waals surface area (Å²) in [7, 11) is 0. The van der Waals surface area contributed by atoms with E-state index in [0.717, 1.165) is 46.1 Å². The maximum Gasteiger partial charge on any atom is 0.229 e. The third-order valence-electron chi connectivity index (χ3n) is 5.07. The lowest BCUT2D eigenvalue weighted by molar-refractivity contribution is -0.123. The molecule has 0 saturated carbocycles. The SMILES string of the molecule is Cc1nn2cc(CNC(=O)C3CCCc4c3[nH]c3ccccc43)nc2s1. The van der Waals surface area contributed by atoms with Gasteiger partial charge < -0.3 is 10.3 Å². The first-order valence-electron chi connectivity index (χ1n) is 8.88.